The van der Waals surface area contributed by atoms with E-state index in [-0.39, 0.29) is 0 Å². The van der Waals surface area contributed by atoms with Gasteiger partial charge in [-0.2, -0.15) is 0 Å². The highest BCUT2D eigenvalue weighted by molar-refractivity contribution is 5.56. The maximum Gasteiger partial charge on any atom is 0.120 e. The SMILES string of the molecule is C=Cc1cccc(O)c1CN(C)C. The molecule has 1 N–H and O–H groups in total. The average molecular weight is 177 g/mol. The zero-order chi connectivity index (χ0) is 9.84. The maximum absolute atomic E-state index is 9.60. The van der Waals surface area contributed by atoms with Gasteiger partial charge >= 0.3 is 0 Å². The van der Waals surface area contributed by atoms with Crippen molar-refractivity contribution in [1.29, 1.82) is 0 Å². The molecule has 1 aromatic rings. The van der Waals surface area contributed by atoms with Crippen LogP contribution in [0.1, 0.15) is 11.1 Å². The Bertz CT molecular complexity index is 305. The molecule has 0 atom stereocenters. The number of rotatable bonds is 3. The second-order valence-corrected chi connectivity index (χ2v) is 3.29. The van der Waals surface area contributed by atoms with Crippen molar-refractivity contribution in [3.8, 4) is 5.75 Å². The zero-order valence-electron chi connectivity index (χ0n) is 8.12. The summed E-state index contributed by atoms with van der Waals surface area (Å²) >= 11 is 0. The van der Waals surface area contributed by atoms with Gasteiger partial charge in [-0.3, -0.25) is 0 Å². The van der Waals surface area contributed by atoms with Gasteiger partial charge in [0.05, 0.1) is 0 Å². The number of nitrogens with zero attached hydrogens (tertiary/aromatic N) is 1. The summed E-state index contributed by atoms with van der Waals surface area (Å²) in [7, 11) is 3.94. The third kappa shape index (κ3) is 2.33. The van der Waals surface area contributed by atoms with Crippen LogP contribution in [-0.2, 0) is 6.54 Å². The van der Waals surface area contributed by atoms with Crippen molar-refractivity contribution in [2.24, 2.45) is 0 Å². The molecule has 70 valence electrons. The van der Waals surface area contributed by atoms with Crippen LogP contribution in [0, 0.1) is 0 Å². The normalized spacial score (nSPS) is 10.4. The highest BCUT2D eigenvalue weighted by atomic mass is 16.3. The molecule has 0 saturated heterocycles. The van der Waals surface area contributed by atoms with Gasteiger partial charge in [0.15, 0.2) is 0 Å². The third-order valence-electron chi connectivity index (χ3n) is 1.88. The van der Waals surface area contributed by atoms with Gasteiger partial charge in [-0.1, -0.05) is 24.8 Å². The summed E-state index contributed by atoms with van der Waals surface area (Å²) in [6.07, 6.45) is 1.76. The molecule has 0 spiro atoms. The zero-order valence-corrected chi connectivity index (χ0v) is 8.12. The summed E-state index contributed by atoms with van der Waals surface area (Å²) in [6, 6.07) is 5.48. The van der Waals surface area contributed by atoms with Crippen molar-refractivity contribution in [2.75, 3.05) is 14.1 Å². The molecule has 0 aliphatic heterocycles. The predicted molar refractivity (Wildman–Crippen MR) is 55.6 cm³/mol. The maximum atomic E-state index is 9.60. The van der Waals surface area contributed by atoms with E-state index in [4.69, 9.17) is 0 Å². The van der Waals surface area contributed by atoms with E-state index in [2.05, 4.69) is 6.58 Å². The summed E-state index contributed by atoms with van der Waals surface area (Å²) in [5.74, 6) is 0.339. The minimum atomic E-state index is 0.339. The molecule has 2 heteroatoms. The van der Waals surface area contributed by atoms with Crippen LogP contribution in [0.15, 0.2) is 24.8 Å². The van der Waals surface area contributed by atoms with Crippen molar-refractivity contribution in [2.45, 2.75) is 6.54 Å². The number of phenolic OH excluding ortho intramolecular Hbond substituents is 1. The smallest absolute Gasteiger partial charge is 0.120 e. The van der Waals surface area contributed by atoms with Crippen molar-refractivity contribution in [1.82, 2.24) is 4.90 Å². The molecular weight excluding hydrogens is 162 g/mol. The largest absolute Gasteiger partial charge is 0.508 e. The van der Waals surface area contributed by atoms with Crippen LogP contribution in [0.25, 0.3) is 6.08 Å². The van der Waals surface area contributed by atoms with Gasteiger partial charge < -0.3 is 10.0 Å². The molecule has 0 aliphatic rings. The molecule has 0 aromatic heterocycles. The molecule has 0 fully saturated rings. The van der Waals surface area contributed by atoms with E-state index in [1.165, 1.54) is 0 Å². The molecule has 13 heavy (non-hydrogen) atoms. The summed E-state index contributed by atoms with van der Waals surface area (Å²) in [6.45, 7) is 4.44. The van der Waals surface area contributed by atoms with Crippen molar-refractivity contribution in [3.63, 3.8) is 0 Å². The van der Waals surface area contributed by atoms with Crippen LogP contribution in [0.3, 0.4) is 0 Å². The molecule has 0 aliphatic carbocycles. The van der Waals surface area contributed by atoms with Crippen LogP contribution in [0.2, 0.25) is 0 Å². The first-order valence-electron chi connectivity index (χ1n) is 4.23. The molecule has 0 radical (unpaired) electrons. The number of hydrogen-bond donors (Lipinski definition) is 1. The van der Waals surface area contributed by atoms with Crippen molar-refractivity contribution >= 4 is 6.08 Å². The molecule has 0 amide bonds. The Kier molecular flexibility index (Phi) is 3.09. The Hall–Kier alpha value is -1.28. The van der Waals surface area contributed by atoms with Gasteiger partial charge in [0.1, 0.15) is 5.75 Å². The standard InChI is InChI=1S/C11H15NO/c1-4-9-6-5-7-11(13)10(9)8-12(2)3/h4-7,13H,1,8H2,2-3H3. The predicted octanol–water partition coefficient (Wildman–Crippen LogP) is 2.10. The molecule has 0 saturated carbocycles. The van der Waals surface area contributed by atoms with Crippen molar-refractivity contribution in [3.05, 3.63) is 35.9 Å². The molecular formula is C11H15NO. The van der Waals surface area contributed by atoms with Gasteiger partial charge in [0.25, 0.3) is 0 Å². The van der Waals surface area contributed by atoms with E-state index in [0.29, 0.717) is 5.75 Å². The monoisotopic (exact) mass is 177 g/mol. The second-order valence-electron chi connectivity index (χ2n) is 3.29. The van der Waals surface area contributed by atoms with Crippen LogP contribution in [0.4, 0.5) is 0 Å². The van der Waals surface area contributed by atoms with E-state index >= 15 is 0 Å². The lowest BCUT2D eigenvalue weighted by molar-refractivity contribution is 0.385. The number of hydrogen-bond acceptors (Lipinski definition) is 2. The highest BCUT2D eigenvalue weighted by Crippen LogP contribution is 2.22. The van der Waals surface area contributed by atoms with E-state index in [1.54, 1.807) is 12.1 Å². The quantitative estimate of drug-likeness (QED) is 0.764. The summed E-state index contributed by atoms with van der Waals surface area (Å²) in [5, 5.41) is 9.60. The summed E-state index contributed by atoms with van der Waals surface area (Å²) in [4.78, 5) is 2.02. The molecule has 0 bridgehead atoms. The fraction of sp³-hybridized carbons (Fsp3) is 0.273. The molecule has 0 unspecified atom stereocenters. The second kappa shape index (κ2) is 4.10. The van der Waals surface area contributed by atoms with E-state index in [0.717, 1.165) is 17.7 Å². The Morgan fingerprint density at radius 1 is 1.46 bits per heavy atom. The number of benzene rings is 1. The van der Waals surface area contributed by atoms with Gasteiger partial charge in [0, 0.05) is 12.1 Å². The van der Waals surface area contributed by atoms with Gasteiger partial charge in [-0.25, -0.2) is 0 Å². The fourth-order valence-electron chi connectivity index (χ4n) is 1.27. The fourth-order valence-corrected chi connectivity index (χ4v) is 1.27. The Morgan fingerprint density at radius 3 is 2.69 bits per heavy atom. The first kappa shape index (κ1) is 9.81. The summed E-state index contributed by atoms with van der Waals surface area (Å²) < 4.78 is 0. The van der Waals surface area contributed by atoms with E-state index in [1.807, 2.05) is 31.1 Å². The number of aromatic hydroxyl groups is 1. The lowest BCUT2D eigenvalue weighted by Crippen LogP contribution is -2.11. The number of phenols is 1. The summed E-state index contributed by atoms with van der Waals surface area (Å²) in [5.41, 5.74) is 1.93. The van der Waals surface area contributed by atoms with Crippen LogP contribution in [0.5, 0.6) is 5.75 Å². The molecule has 2 nitrogen and oxygen atoms in total. The minimum Gasteiger partial charge on any atom is -0.508 e. The lowest BCUT2D eigenvalue weighted by atomic mass is 10.1. The molecule has 0 heterocycles. The lowest BCUT2D eigenvalue weighted by Gasteiger charge is -2.13. The van der Waals surface area contributed by atoms with Crippen molar-refractivity contribution < 1.29 is 5.11 Å². The Balaban J connectivity index is 3.07. The molecule has 1 rings (SSSR count). The van der Waals surface area contributed by atoms with Gasteiger partial charge in [-0.15, -0.1) is 0 Å². The van der Waals surface area contributed by atoms with Gasteiger partial charge in [0.2, 0.25) is 0 Å². The first-order valence-corrected chi connectivity index (χ1v) is 4.23. The topological polar surface area (TPSA) is 23.5 Å². The average Bonchev–Trinajstić information content (AvgIpc) is 2.08. The first-order chi connectivity index (χ1) is 6.15. The van der Waals surface area contributed by atoms with Crippen LogP contribution >= 0.6 is 0 Å². The Morgan fingerprint density at radius 2 is 2.15 bits per heavy atom. The van der Waals surface area contributed by atoms with E-state index in [9.17, 15) is 5.11 Å². The Labute approximate surface area is 79.1 Å². The highest BCUT2D eigenvalue weighted by Gasteiger charge is 2.05. The van der Waals surface area contributed by atoms with Gasteiger partial charge in [-0.05, 0) is 25.7 Å². The third-order valence-corrected chi connectivity index (χ3v) is 1.88. The van der Waals surface area contributed by atoms with Crippen LogP contribution in [-0.4, -0.2) is 24.1 Å². The van der Waals surface area contributed by atoms with Crippen LogP contribution < -0.4 is 0 Å². The minimum absolute atomic E-state index is 0.339. The molecule has 1 aromatic carbocycles. The van der Waals surface area contributed by atoms with E-state index < -0.39 is 0 Å².